The molecular weight excluding hydrogens is 160 g/mol. The Morgan fingerprint density at radius 1 is 1.75 bits per heavy atom. The average molecular weight is 170 g/mol. The van der Waals surface area contributed by atoms with E-state index in [4.69, 9.17) is 0 Å². The van der Waals surface area contributed by atoms with Crippen molar-refractivity contribution in [1.82, 2.24) is 0 Å². The molecule has 4 nitrogen and oxygen atoms in total. The zero-order valence-corrected chi connectivity index (χ0v) is 6.74. The molecule has 0 spiro atoms. The number of ketones is 1. The summed E-state index contributed by atoms with van der Waals surface area (Å²) in [5.74, 6) is -0.886. The van der Waals surface area contributed by atoms with Gasteiger partial charge in [0, 0.05) is 6.42 Å². The molecule has 1 aliphatic rings. The standard InChI is InChI=1S/C8H10O4/c1-6(9)2-3-8(11)4-5-12-7(8)10/h2-3,11H,4-5H2,1H3/b3-2+/t8-/m1/s1. The Bertz CT molecular complexity index is 243. The van der Waals surface area contributed by atoms with Crippen LogP contribution in [0, 0.1) is 0 Å². The molecule has 0 aliphatic carbocycles. The van der Waals surface area contributed by atoms with Crippen molar-refractivity contribution in [2.24, 2.45) is 0 Å². The predicted octanol–water partition coefficient (Wildman–Crippen LogP) is -0.190. The van der Waals surface area contributed by atoms with Crippen LogP contribution in [-0.2, 0) is 14.3 Å². The van der Waals surface area contributed by atoms with Crippen molar-refractivity contribution in [2.45, 2.75) is 18.9 Å². The molecule has 1 rings (SSSR count). The molecule has 0 bridgehead atoms. The first-order valence-electron chi connectivity index (χ1n) is 3.64. The van der Waals surface area contributed by atoms with Crippen LogP contribution in [0.15, 0.2) is 12.2 Å². The van der Waals surface area contributed by atoms with Gasteiger partial charge in [0.25, 0.3) is 0 Å². The second-order valence-corrected chi connectivity index (χ2v) is 2.75. The van der Waals surface area contributed by atoms with E-state index in [2.05, 4.69) is 4.74 Å². The molecule has 66 valence electrons. The largest absolute Gasteiger partial charge is 0.463 e. The van der Waals surface area contributed by atoms with E-state index in [1.165, 1.54) is 19.1 Å². The van der Waals surface area contributed by atoms with Gasteiger partial charge in [-0.3, -0.25) is 4.79 Å². The van der Waals surface area contributed by atoms with Gasteiger partial charge in [-0.2, -0.15) is 0 Å². The minimum Gasteiger partial charge on any atom is -0.463 e. The number of carbonyl (C=O) groups is 2. The first-order valence-corrected chi connectivity index (χ1v) is 3.64. The number of ether oxygens (including phenoxy) is 1. The fourth-order valence-electron chi connectivity index (χ4n) is 0.933. The summed E-state index contributed by atoms with van der Waals surface area (Å²) in [6, 6.07) is 0. The summed E-state index contributed by atoms with van der Waals surface area (Å²) in [5, 5.41) is 9.50. The molecule has 1 saturated heterocycles. The van der Waals surface area contributed by atoms with Crippen molar-refractivity contribution in [3.8, 4) is 0 Å². The van der Waals surface area contributed by atoms with Crippen LogP contribution < -0.4 is 0 Å². The van der Waals surface area contributed by atoms with Gasteiger partial charge >= 0.3 is 5.97 Å². The van der Waals surface area contributed by atoms with Crippen LogP contribution in [0.1, 0.15) is 13.3 Å². The molecule has 1 heterocycles. The minimum absolute atomic E-state index is 0.205. The van der Waals surface area contributed by atoms with Gasteiger partial charge < -0.3 is 9.84 Å². The summed E-state index contributed by atoms with van der Waals surface area (Å²) < 4.78 is 4.55. The lowest BCUT2D eigenvalue weighted by molar-refractivity contribution is -0.149. The number of carbonyl (C=O) groups excluding carboxylic acids is 2. The van der Waals surface area contributed by atoms with Crippen LogP contribution in [-0.4, -0.2) is 29.1 Å². The van der Waals surface area contributed by atoms with E-state index in [1.807, 2.05) is 0 Å². The van der Waals surface area contributed by atoms with Crippen LogP contribution in [0.25, 0.3) is 0 Å². The van der Waals surface area contributed by atoms with Gasteiger partial charge in [-0.25, -0.2) is 4.79 Å². The summed E-state index contributed by atoms with van der Waals surface area (Å²) in [7, 11) is 0. The van der Waals surface area contributed by atoms with Gasteiger partial charge in [0.15, 0.2) is 11.4 Å². The number of rotatable bonds is 2. The van der Waals surface area contributed by atoms with E-state index in [1.54, 1.807) is 0 Å². The SMILES string of the molecule is CC(=O)/C=C/[C@@]1(O)CCOC1=O. The maximum absolute atomic E-state index is 10.9. The number of hydrogen-bond donors (Lipinski definition) is 1. The lowest BCUT2D eigenvalue weighted by atomic mass is 10.0. The Balaban J connectivity index is 2.72. The van der Waals surface area contributed by atoms with E-state index in [0.717, 1.165) is 0 Å². The van der Waals surface area contributed by atoms with Crippen molar-refractivity contribution in [3.05, 3.63) is 12.2 Å². The predicted molar refractivity (Wildman–Crippen MR) is 40.3 cm³/mol. The van der Waals surface area contributed by atoms with E-state index in [-0.39, 0.29) is 18.8 Å². The molecule has 0 amide bonds. The molecule has 12 heavy (non-hydrogen) atoms. The topological polar surface area (TPSA) is 63.6 Å². The molecule has 0 aromatic carbocycles. The average Bonchev–Trinajstić information content (AvgIpc) is 2.30. The third kappa shape index (κ3) is 1.71. The number of esters is 1. The summed E-state index contributed by atoms with van der Waals surface area (Å²) in [6.07, 6.45) is 2.58. The van der Waals surface area contributed by atoms with Crippen molar-refractivity contribution < 1.29 is 19.4 Å². The Labute approximate surface area is 69.8 Å². The van der Waals surface area contributed by atoms with Crippen LogP contribution in [0.4, 0.5) is 0 Å². The van der Waals surface area contributed by atoms with Crippen LogP contribution in [0.2, 0.25) is 0 Å². The highest BCUT2D eigenvalue weighted by Crippen LogP contribution is 2.21. The number of aliphatic hydroxyl groups is 1. The lowest BCUT2D eigenvalue weighted by Crippen LogP contribution is -2.31. The summed E-state index contributed by atoms with van der Waals surface area (Å²) in [6.45, 7) is 1.55. The Morgan fingerprint density at radius 3 is 2.83 bits per heavy atom. The number of allylic oxidation sites excluding steroid dienone is 1. The van der Waals surface area contributed by atoms with Gasteiger partial charge in [0.1, 0.15) is 0 Å². The first kappa shape index (κ1) is 8.93. The second kappa shape index (κ2) is 3.06. The Hall–Kier alpha value is -1.16. The molecule has 0 radical (unpaired) electrons. The molecule has 0 saturated carbocycles. The molecule has 1 atom stereocenters. The molecule has 1 aliphatic heterocycles. The third-order valence-corrected chi connectivity index (χ3v) is 1.66. The second-order valence-electron chi connectivity index (χ2n) is 2.75. The maximum Gasteiger partial charge on any atom is 0.342 e. The fraction of sp³-hybridized carbons (Fsp3) is 0.500. The van der Waals surface area contributed by atoms with Crippen molar-refractivity contribution in [1.29, 1.82) is 0 Å². The summed E-state index contributed by atoms with van der Waals surface area (Å²) in [4.78, 5) is 21.4. The molecule has 4 heteroatoms. The zero-order valence-electron chi connectivity index (χ0n) is 6.74. The fourth-order valence-corrected chi connectivity index (χ4v) is 0.933. The van der Waals surface area contributed by atoms with Crippen LogP contribution in [0.3, 0.4) is 0 Å². The highest BCUT2D eigenvalue weighted by Gasteiger charge is 2.40. The highest BCUT2D eigenvalue weighted by atomic mass is 16.6. The molecule has 1 fully saturated rings. The monoisotopic (exact) mass is 170 g/mol. The van der Waals surface area contributed by atoms with Crippen molar-refractivity contribution in [2.75, 3.05) is 6.61 Å². The van der Waals surface area contributed by atoms with Gasteiger partial charge in [-0.15, -0.1) is 0 Å². The number of cyclic esters (lactones) is 1. The van der Waals surface area contributed by atoms with Gasteiger partial charge in [0.05, 0.1) is 6.61 Å². The number of hydrogen-bond acceptors (Lipinski definition) is 4. The quantitative estimate of drug-likeness (QED) is 0.461. The van der Waals surface area contributed by atoms with E-state index < -0.39 is 11.6 Å². The molecule has 1 N–H and O–H groups in total. The van der Waals surface area contributed by atoms with E-state index in [0.29, 0.717) is 0 Å². The molecule has 0 unspecified atom stereocenters. The molecular formula is C8H10O4. The maximum atomic E-state index is 10.9. The Morgan fingerprint density at radius 2 is 2.42 bits per heavy atom. The van der Waals surface area contributed by atoms with E-state index in [9.17, 15) is 14.7 Å². The summed E-state index contributed by atoms with van der Waals surface area (Å²) >= 11 is 0. The highest BCUT2D eigenvalue weighted by molar-refractivity contribution is 5.90. The van der Waals surface area contributed by atoms with Crippen molar-refractivity contribution in [3.63, 3.8) is 0 Å². The third-order valence-electron chi connectivity index (χ3n) is 1.66. The molecule has 0 aromatic rings. The van der Waals surface area contributed by atoms with Gasteiger partial charge in [-0.05, 0) is 19.1 Å². The van der Waals surface area contributed by atoms with Crippen molar-refractivity contribution >= 4 is 11.8 Å². The normalized spacial score (nSPS) is 29.3. The summed E-state index contributed by atoms with van der Waals surface area (Å²) in [5.41, 5.74) is -1.58. The van der Waals surface area contributed by atoms with Gasteiger partial charge in [0.2, 0.25) is 0 Å². The first-order chi connectivity index (χ1) is 5.54. The van der Waals surface area contributed by atoms with Crippen LogP contribution >= 0.6 is 0 Å². The van der Waals surface area contributed by atoms with Gasteiger partial charge in [-0.1, -0.05) is 0 Å². The smallest absolute Gasteiger partial charge is 0.342 e. The van der Waals surface area contributed by atoms with E-state index >= 15 is 0 Å². The lowest BCUT2D eigenvalue weighted by Gasteiger charge is -2.10. The Kier molecular flexibility index (Phi) is 2.28. The molecule has 0 aromatic heterocycles. The van der Waals surface area contributed by atoms with Crippen LogP contribution in [0.5, 0.6) is 0 Å². The zero-order chi connectivity index (χ0) is 9.19. The minimum atomic E-state index is -1.58.